The molecule has 0 aromatic heterocycles. The third-order valence-electron chi connectivity index (χ3n) is 4.66. The molecule has 23 heavy (non-hydrogen) atoms. The minimum absolute atomic E-state index is 0.106. The quantitative estimate of drug-likeness (QED) is 0.830. The van der Waals surface area contributed by atoms with E-state index in [1.165, 1.54) is 10.6 Å². The summed E-state index contributed by atoms with van der Waals surface area (Å²) in [6, 6.07) is 8.95. The van der Waals surface area contributed by atoms with Crippen LogP contribution in [0.25, 0.3) is 0 Å². The van der Waals surface area contributed by atoms with E-state index in [-0.39, 0.29) is 6.03 Å². The highest BCUT2D eigenvalue weighted by Gasteiger charge is 2.24. The van der Waals surface area contributed by atoms with Crippen molar-refractivity contribution in [1.29, 1.82) is 0 Å². The molecule has 0 unspecified atom stereocenters. The lowest BCUT2D eigenvalue weighted by Crippen LogP contribution is -2.54. The van der Waals surface area contributed by atoms with Gasteiger partial charge in [-0.15, -0.1) is 11.8 Å². The van der Waals surface area contributed by atoms with Crippen LogP contribution in [0.2, 0.25) is 0 Å². The van der Waals surface area contributed by atoms with E-state index < -0.39 is 0 Å². The number of carbonyl (C=O) groups excluding carboxylic acids is 1. The first-order valence-electron chi connectivity index (χ1n) is 8.42. The van der Waals surface area contributed by atoms with Crippen LogP contribution in [0.15, 0.2) is 29.2 Å². The number of hydrogen-bond donors (Lipinski definition) is 2. The van der Waals surface area contributed by atoms with Gasteiger partial charge < -0.3 is 20.4 Å². The Balaban J connectivity index is 1.52. The fourth-order valence-electron chi connectivity index (χ4n) is 3.27. The average Bonchev–Trinajstić information content (AvgIpc) is 2.62. The first-order chi connectivity index (χ1) is 11.3. The third-order valence-corrected chi connectivity index (χ3v) is 5.44. The normalized spacial score (nSPS) is 19.7. The van der Waals surface area contributed by atoms with Crippen LogP contribution in [-0.2, 0) is 0 Å². The number of piperidine rings is 1. The maximum absolute atomic E-state index is 12.4. The SMILES string of the molecule is CSc1ccccc1N1CCN(C(=O)NC2CCNCC2)CC1. The van der Waals surface area contributed by atoms with Crippen molar-refractivity contribution >= 4 is 23.5 Å². The van der Waals surface area contributed by atoms with Crippen molar-refractivity contribution in [2.45, 2.75) is 23.8 Å². The lowest BCUT2D eigenvalue weighted by molar-refractivity contribution is 0.187. The Bertz CT molecular complexity index is 525. The highest BCUT2D eigenvalue weighted by molar-refractivity contribution is 7.98. The first-order valence-corrected chi connectivity index (χ1v) is 9.64. The standard InChI is InChI=1S/C17H26N4OS/c1-23-16-5-3-2-4-15(16)20-10-12-21(13-11-20)17(22)19-14-6-8-18-9-7-14/h2-5,14,18H,6-13H2,1H3,(H,19,22). The highest BCUT2D eigenvalue weighted by atomic mass is 32.2. The van der Waals surface area contributed by atoms with Crippen LogP contribution in [0.3, 0.4) is 0 Å². The summed E-state index contributed by atoms with van der Waals surface area (Å²) in [6.07, 6.45) is 4.18. The zero-order valence-electron chi connectivity index (χ0n) is 13.8. The number of amides is 2. The number of rotatable bonds is 3. The van der Waals surface area contributed by atoms with E-state index in [2.05, 4.69) is 46.1 Å². The Labute approximate surface area is 142 Å². The molecule has 0 atom stereocenters. The van der Waals surface area contributed by atoms with E-state index in [4.69, 9.17) is 0 Å². The summed E-state index contributed by atoms with van der Waals surface area (Å²) in [5.74, 6) is 0. The molecule has 2 aliphatic heterocycles. The van der Waals surface area contributed by atoms with Crippen molar-refractivity contribution in [3.05, 3.63) is 24.3 Å². The van der Waals surface area contributed by atoms with Gasteiger partial charge in [0.1, 0.15) is 0 Å². The van der Waals surface area contributed by atoms with Gasteiger partial charge in [-0.2, -0.15) is 0 Å². The lowest BCUT2D eigenvalue weighted by atomic mass is 10.1. The average molecular weight is 334 g/mol. The third kappa shape index (κ3) is 4.12. The maximum Gasteiger partial charge on any atom is 0.317 e. The smallest absolute Gasteiger partial charge is 0.317 e. The number of urea groups is 1. The summed E-state index contributed by atoms with van der Waals surface area (Å²) in [4.78, 5) is 18.1. The second kappa shape index (κ2) is 7.93. The molecule has 0 spiro atoms. The number of anilines is 1. The van der Waals surface area contributed by atoms with Gasteiger partial charge >= 0.3 is 6.03 Å². The summed E-state index contributed by atoms with van der Waals surface area (Å²) < 4.78 is 0. The van der Waals surface area contributed by atoms with Gasteiger partial charge in [-0.05, 0) is 44.3 Å². The summed E-state index contributed by atoms with van der Waals surface area (Å²) in [5.41, 5.74) is 1.29. The molecule has 1 aromatic rings. The summed E-state index contributed by atoms with van der Waals surface area (Å²) in [7, 11) is 0. The zero-order valence-corrected chi connectivity index (χ0v) is 14.6. The van der Waals surface area contributed by atoms with Gasteiger partial charge in [0.15, 0.2) is 0 Å². The van der Waals surface area contributed by atoms with Crippen LogP contribution in [0.5, 0.6) is 0 Å². The number of para-hydroxylation sites is 1. The summed E-state index contributed by atoms with van der Waals surface area (Å²) >= 11 is 1.78. The largest absolute Gasteiger partial charge is 0.367 e. The Morgan fingerprint density at radius 2 is 1.87 bits per heavy atom. The Kier molecular flexibility index (Phi) is 5.67. The molecule has 5 nitrogen and oxygen atoms in total. The molecule has 2 fully saturated rings. The Morgan fingerprint density at radius 3 is 2.57 bits per heavy atom. The fraction of sp³-hybridized carbons (Fsp3) is 0.588. The van der Waals surface area contributed by atoms with Crippen LogP contribution in [0.4, 0.5) is 10.5 Å². The molecule has 2 amide bonds. The van der Waals surface area contributed by atoms with Gasteiger partial charge in [0, 0.05) is 37.1 Å². The van der Waals surface area contributed by atoms with E-state index in [0.29, 0.717) is 6.04 Å². The zero-order chi connectivity index (χ0) is 16.1. The molecule has 0 aliphatic carbocycles. The van der Waals surface area contributed by atoms with Gasteiger partial charge in [0.05, 0.1) is 5.69 Å². The van der Waals surface area contributed by atoms with Crippen molar-refractivity contribution in [3.8, 4) is 0 Å². The first kappa shape index (κ1) is 16.5. The molecule has 2 saturated heterocycles. The van der Waals surface area contributed by atoms with E-state index in [1.54, 1.807) is 11.8 Å². The van der Waals surface area contributed by atoms with Gasteiger partial charge in [-0.3, -0.25) is 0 Å². The molecule has 0 saturated carbocycles. The predicted molar refractivity (Wildman–Crippen MR) is 96.4 cm³/mol. The second-order valence-corrected chi connectivity index (χ2v) is 6.97. The van der Waals surface area contributed by atoms with Crippen LogP contribution in [0, 0.1) is 0 Å². The molecule has 0 bridgehead atoms. The van der Waals surface area contributed by atoms with Crippen molar-refractivity contribution in [3.63, 3.8) is 0 Å². The molecule has 6 heteroatoms. The number of thioether (sulfide) groups is 1. The molecule has 2 heterocycles. The Morgan fingerprint density at radius 1 is 1.17 bits per heavy atom. The van der Waals surface area contributed by atoms with Crippen molar-refractivity contribution < 1.29 is 4.79 Å². The predicted octanol–water partition coefficient (Wildman–Crippen LogP) is 1.99. The van der Waals surface area contributed by atoms with E-state index in [0.717, 1.165) is 52.1 Å². The molecule has 3 rings (SSSR count). The molecule has 126 valence electrons. The van der Waals surface area contributed by atoms with E-state index >= 15 is 0 Å². The number of nitrogens with zero attached hydrogens (tertiary/aromatic N) is 2. The van der Waals surface area contributed by atoms with E-state index in [1.807, 2.05) is 4.90 Å². The number of benzene rings is 1. The molecule has 2 N–H and O–H groups in total. The minimum atomic E-state index is 0.106. The van der Waals surface area contributed by atoms with Crippen LogP contribution in [-0.4, -0.2) is 62.5 Å². The monoisotopic (exact) mass is 334 g/mol. The van der Waals surface area contributed by atoms with Crippen LogP contribution in [0.1, 0.15) is 12.8 Å². The summed E-state index contributed by atoms with van der Waals surface area (Å²) in [5, 5.41) is 6.52. The Hall–Kier alpha value is -1.40. The van der Waals surface area contributed by atoms with Crippen molar-refractivity contribution in [2.24, 2.45) is 0 Å². The van der Waals surface area contributed by atoms with Gasteiger partial charge in [0.25, 0.3) is 0 Å². The topological polar surface area (TPSA) is 47.6 Å². The van der Waals surface area contributed by atoms with Crippen molar-refractivity contribution in [1.82, 2.24) is 15.5 Å². The van der Waals surface area contributed by atoms with Gasteiger partial charge in [-0.25, -0.2) is 4.79 Å². The van der Waals surface area contributed by atoms with Gasteiger partial charge in [0.2, 0.25) is 0 Å². The summed E-state index contributed by atoms with van der Waals surface area (Å²) in [6.45, 7) is 5.39. The number of nitrogens with one attached hydrogen (secondary N) is 2. The molecular weight excluding hydrogens is 308 g/mol. The van der Waals surface area contributed by atoms with Gasteiger partial charge in [-0.1, -0.05) is 12.1 Å². The fourth-order valence-corrected chi connectivity index (χ4v) is 3.89. The van der Waals surface area contributed by atoms with E-state index in [9.17, 15) is 4.79 Å². The maximum atomic E-state index is 12.4. The lowest BCUT2D eigenvalue weighted by Gasteiger charge is -2.37. The number of carbonyl (C=O) groups is 1. The second-order valence-electron chi connectivity index (χ2n) is 6.12. The number of hydrogen-bond acceptors (Lipinski definition) is 4. The van der Waals surface area contributed by atoms with Crippen molar-refractivity contribution in [2.75, 3.05) is 50.4 Å². The number of piperazine rings is 1. The molecule has 0 radical (unpaired) electrons. The van der Waals surface area contributed by atoms with Crippen LogP contribution >= 0.6 is 11.8 Å². The van der Waals surface area contributed by atoms with Crippen LogP contribution < -0.4 is 15.5 Å². The minimum Gasteiger partial charge on any atom is -0.367 e. The molecule has 2 aliphatic rings. The highest BCUT2D eigenvalue weighted by Crippen LogP contribution is 2.28. The molecular formula is C17H26N4OS. The molecule has 1 aromatic carbocycles.